The fraction of sp³-hybridized carbons (Fsp3) is 0.500. The van der Waals surface area contributed by atoms with Gasteiger partial charge in [0.1, 0.15) is 0 Å². The molecule has 0 radical (unpaired) electrons. The SMILES string of the molecule is Clc1ccncc1NC1CCCSC1. The van der Waals surface area contributed by atoms with Crippen molar-refractivity contribution in [3.8, 4) is 0 Å². The number of rotatable bonds is 2. The van der Waals surface area contributed by atoms with Crippen LogP contribution in [0.4, 0.5) is 5.69 Å². The molecule has 2 rings (SSSR count). The number of hydrogen-bond donors (Lipinski definition) is 1. The third kappa shape index (κ3) is 2.55. The average Bonchev–Trinajstić information content (AvgIpc) is 2.23. The monoisotopic (exact) mass is 228 g/mol. The van der Waals surface area contributed by atoms with Crippen LogP contribution in [0.3, 0.4) is 0 Å². The second-order valence-corrected chi connectivity index (χ2v) is 4.97. The van der Waals surface area contributed by atoms with Crippen LogP contribution in [-0.4, -0.2) is 22.5 Å². The number of anilines is 1. The molecule has 1 aliphatic rings. The highest BCUT2D eigenvalue weighted by Crippen LogP contribution is 2.24. The standard InChI is InChI=1S/C10H13ClN2S/c11-9-3-4-12-6-10(9)13-8-2-1-5-14-7-8/h3-4,6,8,13H,1-2,5,7H2. The van der Waals surface area contributed by atoms with Gasteiger partial charge in [0, 0.05) is 18.0 Å². The number of halogens is 1. The van der Waals surface area contributed by atoms with E-state index in [1.807, 2.05) is 17.8 Å². The Morgan fingerprint density at radius 3 is 3.21 bits per heavy atom. The van der Waals surface area contributed by atoms with Crippen LogP contribution in [0.25, 0.3) is 0 Å². The van der Waals surface area contributed by atoms with Gasteiger partial charge < -0.3 is 5.32 Å². The highest BCUT2D eigenvalue weighted by Gasteiger charge is 2.14. The summed E-state index contributed by atoms with van der Waals surface area (Å²) in [5.41, 5.74) is 0.960. The summed E-state index contributed by atoms with van der Waals surface area (Å²) in [5, 5.41) is 4.19. The van der Waals surface area contributed by atoms with Crippen LogP contribution in [0.5, 0.6) is 0 Å². The Balaban J connectivity index is 1.99. The molecule has 4 heteroatoms. The fourth-order valence-corrected chi connectivity index (χ4v) is 2.79. The van der Waals surface area contributed by atoms with Gasteiger partial charge in [0.15, 0.2) is 0 Å². The molecule has 0 amide bonds. The summed E-state index contributed by atoms with van der Waals surface area (Å²) in [4.78, 5) is 4.06. The molecule has 1 fully saturated rings. The molecular weight excluding hydrogens is 216 g/mol. The van der Waals surface area contributed by atoms with Gasteiger partial charge in [-0.2, -0.15) is 11.8 Å². The number of aromatic nitrogens is 1. The molecular formula is C10H13ClN2S. The highest BCUT2D eigenvalue weighted by molar-refractivity contribution is 7.99. The van der Waals surface area contributed by atoms with Gasteiger partial charge in [-0.15, -0.1) is 0 Å². The Kier molecular flexibility index (Phi) is 3.54. The van der Waals surface area contributed by atoms with E-state index < -0.39 is 0 Å². The average molecular weight is 229 g/mol. The fourth-order valence-electron chi connectivity index (χ4n) is 1.56. The molecule has 0 spiro atoms. The number of hydrogen-bond acceptors (Lipinski definition) is 3. The first-order valence-corrected chi connectivity index (χ1v) is 6.33. The summed E-state index contributed by atoms with van der Waals surface area (Å²) in [5.74, 6) is 2.46. The largest absolute Gasteiger partial charge is 0.379 e. The van der Waals surface area contributed by atoms with Crippen LogP contribution >= 0.6 is 23.4 Å². The first-order chi connectivity index (χ1) is 6.86. The summed E-state index contributed by atoms with van der Waals surface area (Å²) < 4.78 is 0. The van der Waals surface area contributed by atoms with E-state index in [2.05, 4.69) is 10.3 Å². The van der Waals surface area contributed by atoms with E-state index in [0.29, 0.717) is 6.04 Å². The Bertz CT molecular complexity index is 300. The maximum Gasteiger partial charge on any atom is 0.0718 e. The third-order valence-corrected chi connectivity index (χ3v) is 3.83. The summed E-state index contributed by atoms with van der Waals surface area (Å²) >= 11 is 8.04. The van der Waals surface area contributed by atoms with Gasteiger partial charge in [-0.3, -0.25) is 4.98 Å². The quantitative estimate of drug-likeness (QED) is 0.843. The molecule has 1 unspecified atom stereocenters. The summed E-state index contributed by atoms with van der Waals surface area (Å²) in [6.07, 6.45) is 6.03. The van der Waals surface area contributed by atoms with E-state index in [1.54, 1.807) is 12.4 Å². The van der Waals surface area contributed by atoms with Gasteiger partial charge in [0.2, 0.25) is 0 Å². The molecule has 1 saturated heterocycles. The molecule has 1 atom stereocenters. The van der Waals surface area contributed by atoms with Crippen LogP contribution < -0.4 is 5.32 Å². The van der Waals surface area contributed by atoms with Gasteiger partial charge in [-0.05, 0) is 24.7 Å². The molecule has 1 aromatic rings. The van der Waals surface area contributed by atoms with Crippen LogP contribution in [0.15, 0.2) is 18.5 Å². The van der Waals surface area contributed by atoms with E-state index in [9.17, 15) is 0 Å². The van der Waals surface area contributed by atoms with Gasteiger partial charge in [0.05, 0.1) is 16.9 Å². The van der Waals surface area contributed by atoms with Gasteiger partial charge >= 0.3 is 0 Å². The topological polar surface area (TPSA) is 24.9 Å². The van der Waals surface area contributed by atoms with Crippen LogP contribution in [0, 0.1) is 0 Å². The van der Waals surface area contributed by atoms with Crippen LogP contribution in [0.1, 0.15) is 12.8 Å². The van der Waals surface area contributed by atoms with Crippen molar-refractivity contribution < 1.29 is 0 Å². The minimum absolute atomic E-state index is 0.551. The summed E-state index contributed by atoms with van der Waals surface area (Å²) in [7, 11) is 0. The second-order valence-electron chi connectivity index (χ2n) is 3.41. The Morgan fingerprint density at radius 1 is 1.57 bits per heavy atom. The first kappa shape index (κ1) is 10.1. The zero-order valence-corrected chi connectivity index (χ0v) is 9.44. The van der Waals surface area contributed by atoms with E-state index in [-0.39, 0.29) is 0 Å². The lowest BCUT2D eigenvalue weighted by Gasteiger charge is -2.23. The van der Waals surface area contributed by atoms with E-state index >= 15 is 0 Å². The first-order valence-electron chi connectivity index (χ1n) is 4.80. The van der Waals surface area contributed by atoms with E-state index in [1.165, 1.54) is 24.3 Å². The molecule has 0 bridgehead atoms. The molecule has 0 saturated carbocycles. The van der Waals surface area contributed by atoms with Crippen molar-refractivity contribution in [1.29, 1.82) is 0 Å². The zero-order valence-electron chi connectivity index (χ0n) is 7.87. The van der Waals surface area contributed by atoms with Crippen molar-refractivity contribution in [1.82, 2.24) is 4.98 Å². The van der Waals surface area contributed by atoms with Gasteiger partial charge in [-0.1, -0.05) is 11.6 Å². The van der Waals surface area contributed by atoms with E-state index in [4.69, 9.17) is 11.6 Å². The smallest absolute Gasteiger partial charge is 0.0718 e. The molecule has 1 aromatic heterocycles. The van der Waals surface area contributed by atoms with Crippen LogP contribution in [0.2, 0.25) is 5.02 Å². The lowest BCUT2D eigenvalue weighted by atomic mass is 10.2. The highest BCUT2D eigenvalue weighted by atomic mass is 35.5. The Morgan fingerprint density at radius 2 is 2.50 bits per heavy atom. The molecule has 1 N–H and O–H groups in total. The van der Waals surface area contributed by atoms with Crippen LogP contribution in [-0.2, 0) is 0 Å². The lowest BCUT2D eigenvalue weighted by Crippen LogP contribution is -2.25. The lowest BCUT2D eigenvalue weighted by molar-refractivity contribution is 0.685. The number of thioether (sulfide) groups is 1. The molecule has 1 aliphatic heterocycles. The minimum Gasteiger partial charge on any atom is -0.379 e. The van der Waals surface area contributed by atoms with Gasteiger partial charge in [0.25, 0.3) is 0 Å². The van der Waals surface area contributed by atoms with Crippen molar-refractivity contribution in [2.24, 2.45) is 0 Å². The predicted octanol–water partition coefficient (Wildman–Crippen LogP) is 3.04. The maximum atomic E-state index is 6.03. The van der Waals surface area contributed by atoms with Crippen molar-refractivity contribution >= 4 is 29.1 Å². The summed E-state index contributed by atoms with van der Waals surface area (Å²) in [6.45, 7) is 0. The molecule has 76 valence electrons. The van der Waals surface area contributed by atoms with Gasteiger partial charge in [-0.25, -0.2) is 0 Å². The van der Waals surface area contributed by atoms with Crippen molar-refractivity contribution in [3.05, 3.63) is 23.5 Å². The second kappa shape index (κ2) is 4.89. The normalized spacial score (nSPS) is 21.9. The van der Waals surface area contributed by atoms with Crippen molar-refractivity contribution in [2.75, 3.05) is 16.8 Å². The molecule has 0 aromatic carbocycles. The Labute approximate surface area is 93.4 Å². The molecule has 0 aliphatic carbocycles. The Hall–Kier alpha value is -0.410. The zero-order chi connectivity index (χ0) is 9.80. The summed E-state index contributed by atoms with van der Waals surface area (Å²) in [6, 6.07) is 2.37. The number of nitrogens with zero attached hydrogens (tertiary/aromatic N) is 1. The molecule has 14 heavy (non-hydrogen) atoms. The number of nitrogens with one attached hydrogen (secondary N) is 1. The predicted molar refractivity (Wildman–Crippen MR) is 63.2 cm³/mol. The minimum atomic E-state index is 0.551. The third-order valence-electron chi connectivity index (χ3n) is 2.29. The molecule has 2 heterocycles. The van der Waals surface area contributed by atoms with Crippen molar-refractivity contribution in [2.45, 2.75) is 18.9 Å². The molecule has 2 nitrogen and oxygen atoms in total. The maximum absolute atomic E-state index is 6.03. The van der Waals surface area contributed by atoms with Crippen molar-refractivity contribution in [3.63, 3.8) is 0 Å². The van der Waals surface area contributed by atoms with E-state index in [0.717, 1.165) is 10.7 Å². The number of pyridine rings is 1.